The summed E-state index contributed by atoms with van der Waals surface area (Å²) < 4.78 is 5.36. The number of hydrogen-bond donors (Lipinski definition) is 2. The number of piperidine rings is 1. The lowest BCUT2D eigenvalue weighted by Crippen LogP contribution is -2.71. The summed E-state index contributed by atoms with van der Waals surface area (Å²) in [5.41, 5.74) is -2.46. The first-order valence-corrected chi connectivity index (χ1v) is 7.31. The smallest absolute Gasteiger partial charge is 0.332 e. The SMILES string of the molecule is CC(=O)NC1(C(=O)OC(C)C)CC(C)(C)N(O)C(C)(C)C1. The van der Waals surface area contributed by atoms with Gasteiger partial charge in [-0.05, 0) is 41.5 Å². The van der Waals surface area contributed by atoms with Gasteiger partial charge in [0.25, 0.3) is 0 Å². The summed E-state index contributed by atoms with van der Waals surface area (Å²) in [6, 6.07) is 0. The molecule has 1 saturated heterocycles. The fourth-order valence-electron chi connectivity index (χ4n) is 3.46. The number of ether oxygens (including phenoxy) is 1. The zero-order chi connectivity index (χ0) is 16.6. The lowest BCUT2D eigenvalue weighted by atomic mass is 9.70. The number of nitrogens with one attached hydrogen (secondary N) is 1. The van der Waals surface area contributed by atoms with Gasteiger partial charge in [-0.15, -0.1) is 0 Å². The van der Waals surface area contributed by atoms with Gasteiger partial charge in [-0.2, -0.15) is 5.06 Å². The van der Waals surface area contributed by atoms with Gasteiger partial charge in [0.2, 0.25) is 5.91 Å². The Morgan fingerprint density at radius 2 is 1.57 bits per heavy atom. The first-order valence-electron chi connectivity index (χ1n) is 7.31. The molecule has 6 heteroatoms. The molecule has 0 radical (unpaired) electrons. The van der Waals surface area contributed by atoms with E-state index < -0.39 is 22.6 Å². The quantitative estimate of drug-likeness (QED) is 0.778. The van der Waals surface area contributed by atoms with E-state index in [4.69, 9.17) is 4.74 Å². The summed E-state index contributed by atoms with van der Waals surface area (Å²) in [4.78, 5) is 24.2. The van der Waals surface area contributed by atoms with Crippen LogP contribution in [0.1, 0.15) is 61.3 Å². The summed E-state index contributed by atoms with van der Waals surface area (Å²) in [7, 11) is 0. The maximum atomic E-state index is 12.6. The third-order valence-corrected chi connectivity index (χ3v) is 3.76. The lowest BCUT2D eigenvalue weighted by molar-refractivity contribution is -0.257. The van der Waals surface area contributed by atoms with Crippen LogP contribution in [0.5, 0.6) is 0 Å². The molecule has 122 valence electrons. The number of carbonyl (C=O) groups is 2. The molecule has 0 bridgehead atoms. The maximum absolute atomic E-state index is 12.6. The van der Waals surface area contributed by atoms with Crippen molar-refractivity contribution in [3.63, 3.8) is 0 Å². The van der Waals surface area contributed by atoms with E-state index in [0.29, 0.717) is 0 Å². The van der Waals surface area contributed by atoms with Crippen molar-refractivity contribution in [2.45, 2.75) is 84.0 Å². The summed E-state index contributed by atoms with van der Waals surface area (Å²) in [6.07, 6.45) is 0.303. The number of amides is 1. The topological polar surface area (TPSA) is 78.9 Å². The average molecular weight is 300 g/mol. The molecule has 0 unspecified atom stereocenters. The van der Waals surface area contributed by atoms with Gasteiger partial charge in [0, 0.05) is 30.8 Å². The van der Waals surface area contributed by atoms with Crippen molar-refractivity contribution in [1.29, 1.82) is 0 Å². The zero-order valence-corrected chi connectivity index (χ0v) is 14.1. The molecule has 0 aromatic heterocycles. The summed E-state index contributed by atoms with van der Waals surface area (Å²) in [5.74, 6) is -0.726. The second-order valence-electron chi connectivity index (χ2n) is 7.51. The molecule has 21 heavy (non-hydrogen) atoms. The Morgan fingerprint density at radius 1 is 1.14 bits per heavy atom. The monoisotopic (exact) mass is 300 g/mol. The van der Waals surface area contributed by atoms with Crippen molar-refractivity contribution in [2.24, 2.45) is 0 Å². The Morgan fingerprint density at radius 3 is 1.90 bits per heavy atom. The van der Waals surface area contributed by atoms with Crippen molar-refractivity contribution >= 4 is 11.9 Å². The van der Waals surface area contributed by atoms with Crippen molar-refractivity contribution in [1.82, 2.24) is 10.4 Å². The summed E-state index contributed by atoms with van der Waals surface area (Å²) in [6.45, 7) is 12.3. The average Bonchev–Trinajstić information content (AvgIpc) is 2.22. The zero-order valence-electron chi connectivity index (χ0n) is 14.1. The predicted octanol–water partition coefficient (Wildman–Crippen LogP) is 1.86. The van der Waals surface area contributed by atoms with E-state index in [2.05, 4.69) is 5.32 Å². The lowest BCUT2D eigenvalue weighted by Gasteiger charge is -2.55. The highest BCUT2D eigenvalue weighted by Gasteiger charge is 2.57. The van der Waals surface area contributed by atoms with Gasteiger partial charge in [-0.1, -0.05) is 0 Å². The Hall–Kier alpha value is -1.14. The van der Waals surface area contributed by atoms with Gasteiger partial charge in [0.05, 0.1) is 6.10 Å². The summed E-state index contributed by atoms with van der Waals surface area (Å²) >= 11 is 0. The first-order chi connectivity index (χ1) is 9.32. The van der Waals surface area contributed by atoms with E-state index in [1.54, 1.807) is 13.8 Å². The van der Waals surface area contributed by atoms with Gasteiger partial charge in [0.1, 0.15) is 5.54 Å². The predicted molar refractivity (Wildman–Crippen MR) is 78.8 cm³/mol. The molecular formula is C15H28N2O4. The van der Waals surface area contributed by atoms with E-state index in [1.165, 1.54) is 12.0 Å². The van der Waals surface area contributed by atoms with E-state index >= 15 is 0 Å². The fourth-order valence-corrected chi connectivity index (χ4v) is 3.46. The van der Waals surface area contributed by atoms with Crippen LogP contribution in [0.15, 0.2) is 0 Å². The molecule has 0 aromatic rings. The fraction of sp³-hybridized carbons (Fsp3) is 0.867. The molecule has 0 aromatic carbocycles. The van der Waals surface area contributed by atoms with Crippen LogP contribution >= 0.6 is 0 Å². The van der Waals surface area contributed by atoms with Gasteiger partial charge >= 0.3 is 5.97 Å². The van der Waals surface area contributed by atoms with Gasteiger partial charge in [-0.3, -0.25) is 4.79 Å². The van der Waals surface area contributed by atoms with Crippen molar-refractivity contribution in [2.75, 3.05) is 0 Å². The highest BCUT2D eigenvalue weighted by Crippen LogP contribution is 2.43. The van der Waals surface area contributed by atoms with E-state index in [-0.39, 0.29) is 24.9 Å². The Balaban J connectivity index is 3.24. The molecule has 0 saturated carbocycles. The molecule has 1 amide bonds. The van der Waals surface area contributed by atoms with Gasteiger partial charge in [-0.25, -0.2) is 4.79 Å². The van der Waals surface area contributed by atoms with E-state index in [1.807, 2.05) is 27.7 Å². The van der Waals surface area contributed by atoms with Crippen molar-refractivity contribution in [3.8, 4) is 0 Å². The number of esters is 1. The molecule has 6 nitrogen and oxygen atoms in total. The molecule has 0 spiro atoms. The minimum absolute atomic E-state index is 0.262. The van der Waals surface area contributed by atoms with Gasteiger partial charge in [0.15, 0.2) is 0 Å². The van der Waals surface area contributed by atoms with E-state index in [0.717, 1.165) is 0 Å². The first kappa shape index (κ1) is 17.9. The Kier molecular flexibility index (Phi) is 4.75. The van der Waals surface area contributed by atoms with Crippen LogP contribution < -0.4 is 5.32 Å². The van der Waals surface area contributed by atoms with Crippen LogP contribution in [-0.2, 0) is 14.3 Å². The van der Waals surface area contributed by atoms with Gasteiger partial charge < -0.3 is 15.3 Å². The molecule has 1 rings (SSSR count). The maximum Gasteiger partial charge on any atom is 0.332 e. The summed E-state index contributed by atoms with van der Waals surface area (Å²) in [5, 5.41) is 14.4. The highest BCUT2D eigenvalue weighted by atomic mass is 16.5. The van der Waals surface area contributed by atoms with Crippen LogP contribution in [0.3, 0.4) is 0 Å². The minimum atomic E-state index is -1.12. The number of rotatable bonds is 3. The third kappa shape index (κ3) is 3.74. The number of hydroxylamine groups is 2. The van der Waals surface area contributed by atoms with Crippen LogP contribution in [0.25, 0.3) is 0 Å². The Labute approximate surface area is 126 Å². The van der Waals surface area contributed by atoms with Crippen LogP contribution in [0, 0.1) is 0 Å². The highest BCUT2D eigenvalue weighted by molar-refractivity contribution is 5.87. The molecule has 0 atom stereocenters. The number of carbonyl (C=O) groups excluding carboxylic acids is 2. The third-order valence-electron chi connectivity index (χ3n) is 3.76. The standard InChI is InChI=1S/C15H28N2O4/c1-10(2)21-12(19)15(16-11(3)18)8-13(4,5)17(20)14(6,7)9-15/h10,20H,8-9H2,1-7H3,(H,16,18). The molecule has 1 fully saturated rings. The van der Waals surface area contributed by atoms with E-state index in [9.17, 15) is 14.8 Å². The van der Waals surface area contributed by atoms with Crippen molar-refractivity contribution in [3.05, 3.63) is 0 Å². The molecule has 1 aliphatic heterocycles. The molecular weight excluding hydrogens is 272 g/mol. The van der Waals surface area contributed by atoms with Crippen LogP contribution in [0.2, 0.25) is 0 Å². The molecule has 2 N–H and O–H groups in total. The number of nitrogens with zero attached hydrogens (tertiary/aromatic N) is 1. The minimum Gasteiger partial charge on any atom is -0.461 e. The number of hydrogen-bond acceptors (Lipinski definition) is 5. The molecule has 0 aliphatic carbocycles. The molecule has 1 aliphatic rings. The molecule has 1 heterocycles. The van der Waals surface area contributed by atoms with Crippen LogP contribution in [-0.4, -0.2) is 44.9 Å². The largest absolute Gasteiger partial charge is 0.461 e. The van der Waals surface area contributed by atoms with Crippen molar-refractivity contribution < 1.29 is 19.5 Å². The Bertz CT molecular complexity index is 411. The second-order valence-corrected chi connectivity index (χ2v) is 7.51. The second kappa shape index (κ2) is 5.57. The van der Waals surface area contributed by atoms with Crippen LogP contribution in [0.4, 0.5) is 0 Å². The normalized spacial score (nSPS) is 23.7.